The summed E-state index contributed by atoms with van der Waals surface area (Å²) < 4.78 is 6.73. The number of rotatable bonds is 1. The van der Waals surface area contributed by atoms with Crippen molar-refractivity contribution in [2.45, 2.75) is 43.2 Å². The fourth-order valence-electron chi connectivity index (χ4n) is 5.54. The third kappa shape index (κ3) is 1.44. The normalized spacial score (nSPS) is 36.5. The van der Waals surface area contributed by atoms with Crippen LogP contribution < -0.4 is 4.74 Å². The van der Waals surface area contributed by atoms with Crippen molar-refractivity contribution in [3.05, 3.63) is 21.7 Å². The molecule has 2 aliphatic carbocycles. The molecule has 2 fully saturated rings. The Morgan fingerprint density at radius 3 is 3.09 bits per heavy atom. The number of carbonyl (C=O) groups excluding carboxylic acids is 2. The number of nitrogens with zero attached hydrogens (tertiary/aromatic N) is 1. The lowest BCUT2D eigenvalue weighted by Crippen LogP contribution is -2.65. The number of hydrogen-bond acceptors (Lipinski definition) is 4. The summed E-state index contributed by atoms with van der Waals surface area (Å²) in [5.74, 6) is 1.20. The number of Topliss-reactive ketones (excluding diaryl/α,β-unsaturated/α-hetero) is 1. The molecule has 2 heterocycles. The van der Waals surface area contributed by atoms with Crippen LogP contribution in [-0.2, 0) is 21.4 Å². The number of likely N-dealkylation sites (tertiary alicyclic amines) is 1. The van der Waals surface area contributed by atoms with E-state index < -0.39 is 6.10 Å². The summed E-state index contributed by atoms with van der Waals surface area (Å²) in [6.07, 6.45) is 3.25. The predicted octanol–water partition coefficient (Wildman–Crippen LogP) is 1.92. The van der Waals surface area contributed by atoms with Crippen LogP contribution in [0.1, 0.15) is 30.4 Å². The van der Waals surface area contributed by atoms with Crippen LogP contribution in [0.3, 0.4) is 0 Å². The Labute approximate surface area is 141 Å². The van der Waals surface area contributed by atoms with Gasteiger partial charge in [-0.15, -0.1) is 0 Å². The van der Waals surface area contributed by atoms with Gasteiger partial charge < -0.3 is 14.7 Å². The highest BCUT2D eigenvalue weighted by Gasteiger charge is 2.65. The van der Waals surface area contributed by atoms with Crippen LogP contribution in [0.4, 0.5) is 0 Å². The Bertz CT molecular complexity index is 763. The molecule has 2 aliphatic heterocycles. The fraction of sp³-hybridized carbons (Fsp3) is 0.529. The lowest BCUT2D eigenvalue weighted by Gasteiger charge is -2.56. The van der Waals surface area contributed by atoms with E-state index >= 15 is 0 Å². The molecule has 4 atom stereocenters. The molecule has 1 saturated heterocycles. The second kappa shape index (κ2) is 4.29. The van der Waals surface area contributed by atoms with E-state index in [2.05, 4.69) is 15.9 Å². The number of hydrogen-bond donors (Lipinski definition) is 1. The van der Waals surface area contributed by atoms with Crippen LogP contribution in [0.2, 0.25) is 0 Å². The van der Waals surface area contributed by atoms with Gasteiger partial charge in [0.1, 0.15) is 11.5 Å². The average molecular weight is 378 g/mol. The highest BCUT2D eigenvalue weighted by molar-refractivity contribution is 9.10. The Morgan fingerprint density at radius 1 is 1.48 bits per heavy atom. The second-order valence-electron chi connectivity index (χ2n) is 7.08. The molecular weight excluding hydrogens is 362 g/mol. The molecule has 2 bridgehead atoms. The summed E-state index contributed by atoms with van der Waals surface area (Å²) in [7, 11) is 0. The van der Waals surface area contributed by atoms with E-state index in [0.717, 1.165) is 30.4 Å². The molecule has 5 rings (SSSR count). The summed E-state index contributed by atoms with van der Waals surface area (Å²) >= 11 is 3.50. The monoisotopic (exact) mass is 377 g/mol. The number of ether oxygens (including phenoxy) is 1. The number of carbonyl (C=O) groups is 2. The molecule has 1 N–H and O–H groups in total. The van der Waals surface area contributed by atoms with Gasteiger partial charge in [-0.25, -0.2) is 0 Å². The maximum atomic E-state index is 12.6. The van der Waals surface area contributed by atoms with Crippen molar-refractivity contribution >= 4 is 28.1 Å². The molecule has 4 unspecified atom stereocenters. The van der Waals surface area contributed by atoms with E-state index in [4.69, 9.17) is 4.74 Å². The predicted molar refractivity (Wildman–Crippen MR) is 84.5 cm³/mol. The summed E-state index contributed by atoms with van der Waals surface area (Å²) in [6, 6.07) is 1.71. The molecule has 5 nitrogen and oxygen atoms in total. The van der Waals surface area contributed by atoms with Gasteiger partial charge in [-0.1, -0.05) is 0 Å². The lowest BCUT2D eigenvalue weighted by atomic mass is 9.52. The van der Waals surface area contributed by atoms with Gasteiger partial charge in [-0.2, -0.15) is 0 Å². The largest absolute Gasteiger partial charge is 0.507 e. The van der Waals surface area contributed by atoms with Gasteiger partial charge in [-0.3, -0.25) is 9.59 Å². The minimum atomic E-state index is -0.458. The first-order valence-electron chi connectivity index (χ1n) is 8.03. The lowest BCUT2D eigenvalue weighted by molar-refractivity contribution is -0.141. The van der Waals surface area contributed by atoms with E-state index in [-0.39, 0.29) is 28.9 Å². The summed E-state index contributed by atoms with van der Waals surface area (Å²) in [4.78, 5) is 26.0. The number of amides is 1. The van der Waals surface area contributed by atoms with Crippen LogP contribution in [-0.4, -0.2) is 40.9 Å². The van der Waals surface area contributed by atoms with Crippen molar-refractivity contribution in [2.75, 3.05) is 6.54 Å². The molecule has 23 heavy (non-hydrogen) atoms. The third-order valence-corrected chi connectivity index (χ3v) is 7.25. The molecule has 1 amide bonds. The molecule has 1 spiro atoms. The van der Waals surface area contributed by atoms with Gasteiger partial charge in [0.2, 0.25) is 6.41 Å². The Morgan fingerprint density at radius 2 is 2.30 bits per heavy atom. The first kappa shape index (κ1) is 13.8. The molecule has 0 aromatic heterocycles. The summed E-state index contributed by atoms with van der Waals surface area (Å²) in [5.41, 5.74) is 1.79. The van der Waals surface area contributed by atoms with E-state index in [1.807, 2.05) is 4.90 Å². The number of phenols is 1. The Balaban J connectivity index is 1.82. The molecule has 1 aromatic rings. The third-order valence-electron chi connectivity index (χ3n) is 6.36. The number of halogens is 1. The smallest absolute Gasteiger partial charge is 0.209 e. The van der Waals surface area contributed by atoms with Gasteiger partial charge in [-0.05, 0) is 46.7 Å². The maximum Gasteiger partial charge on any atom is 0.209 e. The van der Waals surface area contributed by atoms with Gasteiger partial charge in [0.15, 0.2) is 11.9 Å². The number of ketones is 1. The quantitative estimate of drug-likeness (QED) is 0.759. The first-order valence-corrected chi connectivity index (χ1v) is 8.82. The van der Waals surface area contributed by atoms with Crippen LogP contribution in [0.15, 0.2) is 10.5 Å². The topological polar surface area (TPSA) is 66.8 Å². The first-order chi connectivity index (χ1) is 11.1. The van der Waals surface area contributed by atoms with E-state index in [9.17, 15) is 14.7 Å². The van der Waals surface area contributed by atoms with E-state index in [1.54, 1.807) is 6.07 Å². The molecule has 120 valence electrons. The van der Waals surface area contributed by atoms with Crippen LogP contribution >= 0.6 is 15.9 Å². The van der Waals surface area contributed by atoms with Gasteiger partial charge in [0.05, 0.1) is 4.47 Å². The molecule has 1 aromatic carbocycles. The SMILES string of the molecule is O=CN1CCC23c4c5cc(O)c(Br)c4CC1C2CCC(=O)C3O5. The van der Waals surface area contributed by atoms with Crippen molar-refractivity contribution in [3.63, 3.8) is 0 Å². The standard InChI is InChI=1S/C17H16BrNO4/c18-15-8-5-10-9-1-2-11(21)16-17(9,3-4-19(10)7-20)14(8)13(23-16)6-12(15)22/h6-7,9-10,16,22H,1-5H2. The van der Waals surface area contributed by atoms with Gasteiger partial charge in [0, 0.05) is 36.1 Å². The van der Waals surface area contributed by atoms with Gasteiger partial charge >= 0.3 is 0 Å². The minimum absolute atomic E-state index is 0.0806. The van der Waals surface area contributed by atoms with Gasteiger partial charge in [0.25, 0.3) is 0 Å². The maximum absolute atomic E-state index is 12.6. The molecule has 0 radical (unpaired) electrons. The number of aromatic hydroxyl groups is 1. The molecule has 1 saturated carbocycles. The van der Waals surface area contributed by atoms with Crippen molar-refractivity contribution in [1.82, 2.24) is 4.90 Å². The average Bonchev–Trinajstić information content (AvgIpc) is 2.85. The molecule has 4 aliphatic rings. The fourth-order valence-corrected chi connectivity index (χ4v) is 6.01. The summed E-state index contributed by atoms with van der Waals surface area (Å²) in [6.45, 7) is 0.662. The van der Waals surface area contributed by atoms with E-state index in [1.165, 1.54) is 0 Å². The van der Waals surface area contributed by atoms with Crippen LogP contribution in [0.25, 0.3) is 0 Å². The van der Waals surface area contributed by atoms with Crippen molar-refractivity contribution < 1.29 is 19.4 Å². The zero-order chi connectivity index (χ0) is 15.9. The highest BCUT2D eigenvalue weighted by Crippen LogP contribution is 2.63. The van der Waals surface area contributed by atoms with Crippen molar-refractivity contribution in [1.29, 1.82) is 0 Å². The number of phenolic OH excluding ortho intramolecular Hbond substituents is 1. The molecular formula is C17H16BrNO4. The zero-order valence-corrected chi connectivity index (χ0v) is 14.0. The summed E-state index contributed by atoms with van der Waals surface area (Å²) in [5, 5.41) is 10.2. The number of benzene rings is 1. The number of piperidine rings is 1. The molecule has 6 heteroatoms. The van der Waals surface area contributed by atoms with Crippen LogP contribution in [0, 0.1) is 5.92 Å². The van der Waals surface area contributed by atoms with E-state index in [0.29, 0.717) is 29.6 Å². The minimum Gasteiger partial charge on any atom is -0.507 e. The van der Waals surface area contributed by atoms with Crippen LogP contribution in [0.5, 0.6) is 11.5 Å². The zero-order valence-electron chi connectivity index (χ0n) is 12.4. The second-order valence-corrected chi connectivity index (χ2v) is 7.87. The highest BCUT2D eigenvalue weighted by atomic mass is 79.9. The Hall–Kier alpha value is -1.56. The Kier molecular flexibility index (Phi) is 2.58. The van der Waals surface area contributed by atoms with Crippen molar-refractivity contribution in [2.24, 2.45) is 5.92 Å². The van der Waals surface area contributed by atoms with Crippen molar-refractivity contribution in [3.8, 4) is 11.5 Å².